The van der Waals surface area contributed by atoms with Gasteiger partial charge in [0.1, 0.15) is 0 Å². The molecule has 3 unspecified atom stereocenters. The Balaban J connectivity index is 1.61. The molecule has 1 heterocycles. The first-order valence-corrected chi connectivity index (χ1v) is 8.23. The van der Waals surface area contributed by atoms with Gasteiger partial charge in [-0.2, -0.15) is 0 Å². The largest absolute Gasteiger partial charge is 0.384 e. The summed E-state index contributed by atoms with van der Waals surface area (Å²) in [7, 11) is 2.00. The van der Waals surface area contributed by atoms with Crippen molar-refractivity contribution in [3.8, 4) is 0 Å². The smallest absolute Gasteiger partial charge is 0.223 e. The molecule has 1 aliphatic heterocycles. The maximum Gasteiger partial charge on any atom is 0.223 e. The van der Waals surface area contributed by atoms with Gasteiger partial charge in [0, 0.05) is 37.7 Å². The zero-order chi connectivity index (χ0) is 14.8. The van der Waals surface area contributed by atoms with Crippen molar-refractivity contribution in [3.63, 3.8) is 0 Å². The van der Waals surface area contributed by atoms with Crippen molar-refractivity contribution < 1.29 is 4.79 Å². The van der Waals surface area contributed by atoms with Gasteiger partial charge in [-0.3, -0.25) is 4.79 Å². The summed E-state index contributed by atoms with van der Waals surface area (Å²) >= 11 is 0. The predicted molar refractivity (Wildman–Crippen MR) is 86.5 cm³/mol. The zero-order valence-electron chi connectivity index (χ0n) is 13.1. The van der Waals surface area contributed by atoms with Crippen molar-refractivity contribution in [1.29, 1.82) is 0 Å². The van der Waals surface area contributed by atoms with Gasteiger partial charge >= 0.3 is 0 Å². The molecule has 0 spiro atoms. The van der Waals surface area contributed by atoms with Crippen LogP contribution in [0, 0.1) is 5.92 Å². The fourth-order valence-electron chi connectivity index (χ4n) is 3.85. The van der Waals surface area contributed by atoms with Gasteiger partial charge in [0.15, 0.2) is 0 Å². The molecular formula is C18H26N2O. The van der Waals surface area contributed by atoms with E-state index in [0.29, 0.717) is 24.3 Å². The SMILES string of the molecule is CC1CCCC(N(C)C(=O)CC2CNc3ccccc32)C1. The van der Waals surface area contributed by atoms with Crippen LogP contribution >= 0.6 is 0 Å². The van der Waals surface area contributed by atoms with Gasteiger partial charge < -0.3 is 10.2 Å². The Hall–Kier alpha value is -1.51. The summed E-state index contributed by atoms with van der Waals surface area (Å²) in [6, 6.07) is 8.81. The molecule has 114 valence electrons. The number of hydrogen-bond donors (Lipinski definition) is 1. The number of para-hydroxylation sites is 1. The third-order valence-corrected chi connectivity index (χ3v) is 5.21. The van der Waals surface area contributed by atoms with Crippen LogP contribution in [0.4, 0.5) is 5.69 Å². The number of benzene rings is 1. The van der Waals surface area contributed by atoms with Gasteiger partial charge in [-0.25, -0.2) is 0 Å². The number of carbonyl (C=O) groups excluding carboxylic acids is 1. The second-order valence-electron chi connectivity index (χ2n) is 6.80. The highest BCUT2D eigenvalue weighted by Gasteiger charge is 2.29. The molecule has 1 N–H and O–H groups in total. The number of fused-ring (bicyclic) bond motifs is 1. The third kappa shape index (κ3) is 3.07. The van der Waals surface area contributed by atoms with E-state index in [9.17, 15) is 4.79 Å². The van der Waals surface area contributed by atoms with E-state index in [1.807, 2.05) is 18.0 Å². The molecule has 1 aromatic rings. The lowest BCUT2D eigenvalue weighted by molar-refractivity contribution is -0.133. The van der Waals surface area contributed by atoms with Crippen molar-refractivity contribution in [1.82, 2.24) is 4.90 Å². The van der Waals surface area contributed by atoms with Crippen LogP contribution in [-0.4, -0.2) is 30.4 Å². The Morgan fingerprint density at radius 1 is 1.33 bits per heavy atom. The summed E-state index contributed by atoms with van der Waals surface area (Å²) < 4.78 is 0. The topological polar surface area (TPSA) is 32.3 Å². The zero-order valence-corrected chi connectivity index (χ0v) is 13.1. The average Bonchev–Trinajstić information content (AvgIpc) is 2.90. The molecule has 0 aromatic heterocycles. The first-order chi connectivity index (χ1) is 10.1. The molecule has 0 radical (unpaired) electrons. The second-order valence-corrected chi connectivity index (χ2v) is 6.80. The molecule has 1 aliphatic carbocycles. The molecule has 1 fully saturated rings. The fourth-order valence-corrected chi connectivity index (χ4v) is 3.85. The van der Waals surface area contributed by atoms with E-state index >= 15 is 0 Å². The Kier molecular flexibility index (Phi) is 4.18. The molecular weight excluding hydrogens is 260 g/mol. The highest BCUT2D eigenvalue weighted by molar-refractivity contribution is 5.78. The maximum atomic E-state index is 12.6. The van der Waals surface area contributed by atoms with Gasteiger partial charge in [0.2, 0.25) is 5.91 Å². The molecule has 0 bridgehead atoms. The molecule has 3 heteroatoms. The van der Waals surface area contributed by atoms with Crippen molar-refractivity contribution in [2.75, 3.05) is 18.9 Å². The van der Waals surface area contributed by atoms with E-state index in [2.05, 4.69) is 30.4 Å². The van der Waals surface area contributed by atoms with Crippen LogP contribution in [0.2, 0.25) is 0 Å². The van der Waals surface area contributed by atoms with E-state index in [0.717, 1.165) is 12.5 Å². The molecule has 0 saturated heterocycles. The number of carbonyl (C=O) groups is 1. The maximum absolute atomic E-state index is 12.6. The lowest BCUT2D eigenvalue weighted by Crippen LogP contribution is -2.40. The predicted octanol–water partition coefficient (Wildman–Crippen LogP) is 3.62. The summed E-state index contributed by atoms with van der Waals surface area (Å²) in [5, 5.41) is 3.41. The molecule has 2 aliphatic rings. The Morgan fingerprint density at radius 3 is 2.95 bits per heavy atom. The monoisotopic (exact) mass is 286 g/mol. The summed E-state index contributed by atoms with van der Waals surface area (Å²) in [4.78, 5) is 14.6. The molecule has 3 atom stereocenters. The van der Waals surface area contributed by atoms with Crippen LogP contribution in [0.3, 0.4) is 0 Å². The minimum absolute atomic E-state index is 0.303. The van der Waals surface area contributed by atoms with Gasteiger partial charge in [0.05, 0.1) is 0 Å². The summed E-state index contributed by atoms with van der Waals surface area (Å²) in [5.41, 5.74) is 2.50. The van der Waals surface area contributed by atoms with E-state index in [1.54, 1.807) is 0 Å². The molecule has 1 amide bonds. The Labute approximate surface area is 127 Å². The first kappa shape index (κ1) is 14.4. The van der Waals surface area contributed by atoms with Gasteiger partial charge in [-0.15, -0.1) is 0 Å². The van der Waals surface area contributed by atoms with Gasteiger partial charge in [-0.05, 0) is 30.4 Å². The minimum atomic E-state index is 0.303. The van der Waals surface area contributed by atoms with Crippen molar-refractivity contribution in [2.24, 2.45) is 5.92 Å². The van der Waals surface area contributed by atoms with E-state index in [1.165, 1.54) is 36.9 Å². The van der Waals surface area contributed by atoms with Crippen molar-refractivity contribution >= 4 is 11.6 Å². The van der Waals surface area contributed by atoms with Crippen molar-refractivity contribution in [2.45, 2.75) is 51.0 Å². The number of amides is 1. The number of anilines is 1. The Morgan fingerprint density at radius 2 is 2.14 bits per heavy atom. The number of rotatable bonds is 3. The average molecular weight is 286 g/mol. The van der Waals surface area contributed by atoms with Crippen LogP contribution in [0.15, 0.2) is 24.3 Å². The van der Waals surface area contributed by atoms with Crippen LogP contribution in [0.25, 0.3) is 0 Å². The first-order valence-electron chi connectivity index (χ1n) is 8.23. The second kappa shape index (κ2) is 6.08. The van der Waals surface area contributed by atoms with Crippen LogP contribution < -0.4 is 5.32 Å². The quantitative estimate of drug-likeness (QED) is 0.920. The van der Waals surface area contributed by atoms with E-state index in [-0.39, 0.29) is 0 Å². The Bertz CT molecular complexity index is 514. The normalized spacial score (nSPS) is 27.8. The summed E-state index contributed by atoms with van der Waals surface area (Å²) in [6.07, 6.45) is 5.55. The highest BCUT2D eigenvalue weighted by Crippen LogP contribution is 2.34. The number of nitrogens with zero attached hydrogens (tertiary/aromatic N) is 1. The molecule has 1 aromatic carbocycles. The number of hydrogen-bond acceptors (Lipinski definition) is 2. The standard InChI is InChI=1S/C18H26N2O/c1-13-6-5-7-15(10-13)20(2)18(21)11-14-12-19-17-9-4-3-8-16(14)17/h3-4,8-9,13-15,19H,5-7,10-12H2,1-2H3. The van der Waals surface area contributed by atoms with Gasteiger partial charge in [0.25, 0.3) is 0 Å². The fraction of sp³-hybridized carbons (Fsp3) is 0.611. The summed E-state index contributed by atoms with van der Waals surface area (Å²) in [6.45, 7) is 3.20. The van der Waals surface area contributed by atoms with Crippen LogP contribution in [0.5, 0.6) is 0 Å². The molecule has 3 nitrogen and oxygen atoms in total. The van der Waals surface area contributed by atoms with Crippen molar-refractivity contribution in [3.05, 3.63) is 29.8 Å². The molecule has 21 heavy (non-hydrogen) atoms. The lowest BCUT2D eigenvalue weighted by atomic mass is 9.86. The van der Waals surface area contributed by atoms with Crippen LogP contribution in [0.1, 0.15) is 50.5 Å². The van der Waals surface area contributed by atoms with E-state index in [4.69, 9.17) is 0 Å². The van der Waals surface area contributed by atoms with E-state index < -0.39 is 0 Å². The third-order valence-electron chi connectivity index (χ3n) is 5.21. The molecule has 1 saturated carbocycles. The molecule has 3 rings (SSSR count). The van der Waals surface area contributed by atoms with Gasteiger partial charge in [-0.1, -0.05) is 38.0 Å². The summed E-state index contributed by atoms with van der Waals surface area (Å²) in [5.74, 6) is 1.39. The van der Waals surface area contributed by atoms with Crippen LogP contribution in [-0.2, 0) is 4.79 Å². The highest BCUT2D eigenvalue weighted by atomic mass is 16.2. The number of nitrogens with one attached hydrogen (secondary N) is 1. The minimum Gasteiger partial charge on any atom is -0.384 e. The lowest BCUT2D eigenvalue weighted by Gasteiger charge is -2.34.